The number of likely N-dealkylation sites (tertiary alicyclic amines) is 1. The van der Waals surface area contributed by atoms with Crippen molar-refractivity contribution in [3.8, 4) is 0 Å². The Morgan fingerprint density at radius 1 is 1.33 bits per heavy atom. The average molecular weight is 266 g/mol. The van der Waals surface area contributed by atoms with E-state index in [0.29, 0.717) is 0 Å². The molecule has 1 aromatic rings. The first-order valence-electron chi connectivity index (χ1n) is 6.89. The molecule has 1 heterocycles. The molecule has 3 heteroatoms. The third kappa shape index (κ3) is 2.90. The number of quaternary nitrogens is 1. The van der Waals surface area contributed by atoms with Gasteiger partial charge in [-0.25, -0.2) is 0 Å². The minimum Gasteiger partial charge on any atom is -0.393 e. The van der Waals surface area contributed by atoms with Crippen molar-refractivity contribution in [1.29, 1.82) is 0 Å². The van der Waals surface area contributed by atoms with Gasteiger partial charge in [-0.1, -0.05) is 13.0 Å². The van der Waals surface area contributed by atoms with Crippen LogP contribution in [0.2, 0.25) is 0 Å². The third-order valence-electron chi connectivity index (χ3n) is 4.03. The van der Waals surface area contributed by atoms with Crippen LogP contribution >= 0.6 is 11.8 Å². The Balaban J connectivity index is 2.28. The highest BCUT2D eigenvalue weighted by Gasteiger charge is 2.34. The molecule has 0 amide bonds. The van der Waals surface area contributed by atoms with Crippen LogP contribution in [0.1, 0.15) is 26.2 Å². The van der Waals surface area contributed by atoms with E-state index in [1.54, 1.807) is 11.8 Å². The van der Waals surface area contributed by atoms with E-state index in [0.717, 1.165) is 30.4 Å². The fraction of sp³-hybridized carbons (Fsp3) is 0.600. The minimum absolute atomic E-state index is 0.0863. The molecule has 1 saturated heterocycles. The molecular weight excluding hydrogens is 242 g/mol. The van der Waals surface area contributed by atoms with E-state index in [-0.39, 0.29) is 6.10 Å². The van der Waals surface area contributed by atoms with Crippen LogP contribution in [0.5, 0.6) is 0 Å². The molecule has 0 radical (unpaired) electrons. The molecule has 0 aliphatic carbocycles. The molecule has 2 rings (SSSR count). The van der Waals surface area contributed by atoms with E-state index in [1.807, 2.05) is 0 Å². The van der Waals surface area contributed by atoms with Crippen LogP contribution in [0.3, 0.4) is 0 Å². The Bertz CT molecular complexity index is 386. The number of aliphatic hydroxyl groups excluding tert-OH is 1. The SMILES string of the molecule is CCC[N+]1(c2cccc(SC)c2)CCC(O)CC1. The Morgan fingerprint density at radius 2 is 2.06 bits per heavy atom. The van der Waals surface area contributed by atoms with Crippen LogP contribution in [0, 0.1) is 0 Å². The Morgan fingerprint density at radius 3 is 2.67 bits per heavy atom. The Hall–Kier alpha value is -0.510. The molecule has 0 bridgehead atoms. The van der Waals surface area contributed by atoms with Gasteiger partial charge in [0.2, 0.25) is 0 Å². The predicted molar refractivity (Wildman–Crippen MR) is 80.1 cm³/mol. The molecule has 0 aromatic heterocycles. The maximum Gasteiger partial charge on any atom is 0.133 e. The van der Waals surface area contributed by atoms with Gasteiger partial charge in [-0.2, -0.15) is 0 Å². The maximum absolute atomic E-state index is 9.74. The van der Waals surface area contributed by atoms with E-state index < -0.39 is 0 Å². The van der Waals surface area contributed by atoms with Crippen molar-refractivity contribution in [2.45, 2.75) is 37.2 Å². The minimum atomic E-state index is -0.0863. The fourth-order valence-electron chi connectivity index (χ4n) is 2.99. The van der Waals surface area contributed by atoms with Gasteiger partial charge in [0.05, 0.1) is 25.7 Å². The topological polar surface area (TPSA) is 20.2 Å². The average Bonchev–Trinajstić information content (AvgIpc) is 2.42. The van der Waals surface area contributed by atoms with E-state index in [2.05, 4.69) is 37.4 Å². The zero-order valence-corrected chi connectivity index (χ0v) is 12.2. The second kappa shape index (κ2) is 6.09. The number of nitrogens with zero attached hydrogens (tertiary/aromatic N) is 1. The summed E-state index contributed by atoms with van der Waals surface area (Å²) in [7, 11) is 0. The zero-order chi connectivity index (χ0) is 13.0. The normalized spacial score (nSPS) is 28.3. The van der Waals surface area contributed by atoms with Crippen molar-refractivity contribution < 1.29 is 5.11 Å². The van der Waals surface area contributed by atoms with Crippen molar-refractivity contribution >= 4 is 17.4 Å². The molecule has 2 nitrogen and oxygen atoms in total. The van der Waals surface area contributed by atoms with Crippen LogP contribution in [0.4, 0.5) is 5.69 Å². The molecule has 0 unspecified atom stereocenters. The van der Waals surface area contributed by atoms with Crippen molar-refractivity contribution in [1.82, 2.24) is 4.48 Å². The van der Waals surface area contributed by atoms with Gasteiger partial charge in [0.25, 0.3) is 0 Å². The quantitative estimate of drug-likeness (QED) is 0.666. The monoisotopic (exact) mass is 266 g/mol. The first-order valence-corrected chi connectivity index (χ1v) is 8.11. The molecule has 1 N–H and O–H groups in total. The van der Waals surface area contributed by atoms with Gasteiger partial charge in [-0.05, 0) is 24.8 Å². The molecule has 1 aromatic carbocycles. The van der Waals surface area contributed by atoms with Crippen LogP contribution in [0.15, 0.2) is 29.2 Å². The molecule has 0 saturated carbocycles. The summed E-state index contributed by atoms with van der Waals surface area (Å²) in [4.78, 5) is 1.34. The van der Waals surface area contributed by atoms with Crippen molar-refractivity contribution in [2.24, 2.45) is 0 Å². The summed E-state index contributed by atoms with van der Waals surface area (Å²) in [5, 5.41) is 9.74. The number of benzene rings is 1. The molecule has 18 heavy (non-hydrogen) atoms. The molecular formula is C15H24NOS+. The van der Waals surface area contributed by atoms with Crippen LogP contribution in [0.25, 0.3) is 0 Å². The summed E-state index contributed by atoms with van der Waals surface area (Å²) in [5.74, 6) is 0. The molecule has 1 aliphatic heterocycles. The van der Waals surface area contributed by atoms with Gasteiger partial charge in [-0.15, -0.1) is 11.8 Å². The first-order chi connectivity index (χ1) is 8.70. The fourth-order valence-corrected chi connectivity index (χ4v) is 3.45. The van der Waals surface area contributed by atoms with Crippen molar-refractivity contribution in [3.63, 3.8) is 0 Å². The highest BCUT2D eigenvalue weighted by molar-refractivity contribution is 7.98. The second-order valence-electron chi connectivity index (χ2n) is 5.25. The van der Waals surface area contributed by atoms with Crippen LogP contribution in [-0.2, 0) is 0 Å². The third-order valence-corrected chi connectivity index (χ3v) is 4.76. The lowest BCUT2D eigenvalue weighted by Gasteiger charge is -2.42. The highest BCUT2D eigenvalue weighted by Crippen LogP contribution is 2.31. The molecule has 0 atom stereocenters. The lowest BCUT2D eigenvalue weighted by molar-refractivity contribution is 0.0845. The summed E-state index contributed by atoms with van der Waals surface area (Å²) in [6.45, 7) is 5.59. The maximum atomic E-state index is 9.74. The zero-order valence-electron chi connectivity index (χ0n) is 11.4. The van der Waals surface area contributed by atoms with Crippen LogP contribution < -0.4 is 4.48 Å². The lowest BCUT2D eigenvalue weighted by Crippen LogP contribution is -2.55. The number of piperidine rings is 1. The van der Waals surface area contributed by atoms with Crippen molar-refractivity contribution in [3.05, 3.63) is 24.3 Å². The van der Waals surface area contributed by atoms with Gasteiger partial charge < -0.3 is 5.11 Å². The summed E-state index contributed by atoms with van der Waals surface area (Å²) in [6.07, 6.45) is 5.10. The molecule has 0 spiro atoms. The first kappa shape index (κ1) is 13.9. The smallest absolute Gasteiger partial charge is 0.133 e. The number of thioether (sulfide) groups is 1. The summed E-state index contributed by atoms with van der Waals surface area (Å²) in [6, 6.07) is 8.93. The second-order valence-corrected chi connectivity index (χ2v) is 6.13. The summed E-state index contributed by atoms with van der Waals surface area (Å²) < 4.78 is 1.06. The van der Waals surface area contributed by atoms with E-state index >= 15 is 0 Å². The number of aliphatic hydroxyl groups is 1. The van der Waals surface area contributed by atoms with Gasteiger partial charge in [0.1, 0.15) is 5.69 Å². The van der Waals surface area contributed by atoms with E-state index in [4.69, 9.17) is 0 Å². The molecule has 1 fully saturated rings. The Kier molecular flexibility index (Phi) is 4.71. The largest absolute Gasteiger partial charge is 0.393 e. The number of hydrogen-bond donors (Lipinski definition) is 1. The van der Waals surface area contributed by atoms with E-state index in [1.165, 1.54) is 23.5 Å². The standard InChI is InChI=1S/C15H24NOS/c1-3-9-16(10-7-14(17)8-11-16)13-5-4-6-15(12-13)18-2/h4-6,12,14,17H,3,7-11H2,1-2H3/q+1. The van der Waals surface area contributed by atoms with Crippen molar-refractivity contribution in [2.75, 3.05) is 25.9 Å². The number of hydrogen-bond acceptors (Lipinski definition) is 2. The highest BCUT2D eigenvalue weighted by atomic mass is 32.2. The van der Waals surface area contributed by atoms with Gasteiger partial charge >= 0.3 is 0 Å². The number of rotatable bonds is 4. The summed E-state index contributed by atoms with van der Waals surface area (Å²) in [5.41, 5.74) is 1.43. The molecule has 1 aliphatic rings. The Labute approximate surface area is 115 Å². The van der Waals surface area contributed by atoms with Gasteiger partial charge in [0, 0.05) is 23.8 Å². The lowest BCUT2D eigenvalue weighted by atomic mass is 10.0. The predicted octanol–water partition coefficient (Wildman–Crippen LogP) is 3.28. The van der Waals surface area contributed by atoms with E-state index in [9.17, 15) is 5.11 Å². The summed E-state index contributed by atoms with van der Waals surface area (Å²) >= 11 is 1.80. The van der Waals surface area contributed by atoms with Gasteiger partial charge in [0.15, 0.2) is 0 Å². The van der Waals surface area contributed by atoms with Crippen LogP contribution in [-0.4, -0.2) is 37.1 Å². The molecule has 100 valence electrons. The van der Waals surface area contributed by atoms with Gasteiger partial charge in [-0.3, -0.25) is 4.48 Å².